The van der Waals surface area contributed by atoms with E-state index < -0.39 is 46.7 Å². The van der Waals surface area contributed by atoms with Crippen LogP contribution in [0.5, 0.6) is 0 Å². The second-order valence-corrected chi connectivity index (χ2v) is 10.7. The number of hydrogen-bond donors (Lipinski definition) is 6. The number of carboxylic acid groups (broad SMARTS) is 2. The molecular weight excluding hydrogens is 432 g/mol. The second-order valence-electron chi connectivity index (χ2n) is 8.28. The van der Waals surface area contributed by atoms with E-state index in [1.54, 1.807) is 0 Å². The van der Waals surface area contributed by atoms with Gasteiger partial charge >= 0.3 is 11.9 Å². The lowest BCUT2D eigenvalue weighted by Gasteiger charge is -2.28. The van der Waals surface area contributed by atoms with Crippen LogP contribution in [-0.4, -0.2) is 68.4 Å². The van der Waals surface area contributed by atoms with Crippen LogP contribution >= 0.6 is 21.6 Å². The normalized spacial score (nSPS) is 17.8. The molecule has 0 aromatic heterocycles. The van der Waals surface area contributed by atoms with Crippen molar-refractivity contribution in [2.75, 3.05) is 11.5 Å². The molecule has 0 fully saturated rings. The Hall–Kier alpha value is -1.18. The van der Waals surface area contributed by atoms with E-state index in [9.17, 15) is 29.4 Å². The van der Waals surface area contributed by atoms with E-state index in [0.717, 1.165) is 21.6 Å². The Bertz CT molecular complexity index is 594. The third-order valence-corrected chi connectivity index (χ3v) is 6.94. The van der Waals surface area contributed by atoms with Crippen molar-refractivity contribution in [1.29, 1.82) is 0 Å². The number of carbonyl (C=O) groups excluding carboxylic acids is 2. The van der Waals surface area contributed by atoms with E-state index in [1.165, 1.54) is 0 Å². The molecule has 0 aromatic carbocycles. The molecule has 30 heavy (non-hydrogen) atoms. The van der Waals surface area contributed by atoms with Crippen molar-refractivity contribution in [3.8, 4) is 0 Å². The maximum absolute atomic E-state index is 12.5. The fourth-order valence-corrected chi connectivity index (χ4v) is 5.32. The molecule has 0 aliphatic heterocycles. The first kappa shape index (κ1) is 28.8. The van der Waals surface area contributed by atoms with Gasteiger partial charge in [0.05, 0.1) is 12.1 Å². The highest BCUT2D eigenvalue weighted by molar-refractivity contribution is 8.76. The van der Waals surface area contributed by atoms with Gasteiger partial charge in [0.1, 0.15) is 0 Å². The van der Waals surface area contributed by atoms with E-state index in [2.05, 4.69) is 0 Å². The lowest BCUT2D eigenvalue weighted by atomic mass is 9.88. The largest absolute Gasteiger partial charge is 0.480 e. The average Bonchev–Trinajstić information content (AvgIpc) is 2.61. The molecule has 0 aliphatic rings. The number of nitrogens with two attached hydrogens (primary N) is 4. The number of carboxylic acids is 2. The summed E-state index contributed by atoms with van der Waals surface area (Å²) in [5.41, 5.74) is 18.8. The number of Topliss-reactive ketones (excluding diaryl/α,β-unsaturated/α-hetero) is 2. The Morgan fingerprint density at radius 1 is 0.733 bits per heavy atom. The molecule has 0 saturated heterocycles. The summed E-state index contributed by atoms with van der Waals surface area (Å²) in [4.78, 5) is 48.3. The predicted octanol–water partition coefficient (Wildman–Crippen LogP) is -0.183. The van der Waals surface area contributed by atoms with Crippen LogP contribution in [0.25, 0.3) is 0 Å². The van der Waals surface area contributed by atoms with Crippen molar-refractivity contribution in [3.05, 3.63) is 0 Å². The molecule has 0 aromatic rings. The minimum Gasteiger partial charge on any atom is -0.480 e. The van der Waals surface area contributed by atoms with Crippen LogP contribution in [0, 0.1) is 11.8 Å². The zero-order valence-corrected chi connectivity index (χ0v) is 19.4. The van der Waals surface area contributed by atoms with Gasteiger partial charge in [0, 0.05) is 11.5 Å². The van der Waals surface area contributed by atoms with Crippen LogP contribution in [0.1, 0.15) is 40.5 Å². The predicted molar refractivity (Wildman–Crippen MR) is 119 cm³/mol. The first-order valence-electron chi connectivity index (χ1n) is 9.48. The smallest absolute Gasteiger partial charge is 0.332 e. The van der Waals surface area contributed by atoms with Crippen molar-refractivity contribution in [2.24, 2.45) is 34.8 Å². The van der Waals surface area contributed by atoms with Gasteiger partial charge in [-0.15, -0.1) is 0 Å². The zero-order valence-electron chi connectivity index (χ0n) is 17.8. The summed E-state index contributed by atoms with van der Waals surface area (Å²) >= 11 is 0. The van der Waals surface area contributed by atoms with E-state index in [4.69, 9.17) is 22.9 Å². The summed E-state index contributed by atoms with van der Waals surface area (Å²) in [5.74, 6) is -5.32. The van der Waals surface area contributed by atoms with Crippen molar-refractivity contribution in [3.63, 3.8) is 0 Å². The number of hydrogen-bond acceptors (Lipinski definition) is 10. The quantitative estimate of drug-likeness (QED) is 0.105. The molecule has 0 saturated carbocycles. The Labute approximate surface area is 184 Å². The number of aliphatic carboxylic acids is 2. The van der Waals surface area contributed by atoms with Crippen molar-refractivity contribution in [2.45, 2.75) is 63.7 Å². The van der Waals surface area contributed by atoms with Crippen molar-refractivity contribution >= 4 is 45.1 Å². The molecule has 0 aliphatic carbocycles. The molecule has 0 heterocycles. The van der Waals surface area contributed by atoms with Gasteiger partial charge in [-0.1, -0.05) is 49.3 Å². The minimum atomic E-state index is -2.25. The highest BCUT2D eigenvalue weighted by Gasteiger charge is 2.47. The summed E-state index contributed by atoms with van der Waals surface area (Å²) < 4.78 is 0. The van der Waals surface area contributed by atoms with Gasteiger partial charge in [0.2, 0.25) is 0 Å². The maximum atomic E-state index is 12.5. The molecule has 0 amide bonds. The lowest BCUT2D eigenvalue weighted by molar-refractivity contribution is -0.149. The monoisotopic (exact) mass is 466 g/mol. The SMILES string of the molecule is CC(C)C[C@H](N)C(=O)[C@](N)(CSSC[C@](N)(C(=O)O)C(=O)[C@@H](N)CC(C)C)C(=O)O. The van der Waals surface area contributed by atoms with Gasteiger partial charge in [0.25, 0.3) is 0 Å². The first-order valence-corrected chi connectivity index (χ1v) is 12.0. The fraction of sp³-hybridized carbons (Fsp3) is 0.778. The number of carbonyl (C=O) groups is 4. The standard InChI is InChI=1S/C18H34N4O6S2/c1-9(2)5-11(19)13(23)17(21,15(25)26)7-29-30-8-18(22,16(27)28)14(24)12(20)6-10(3)4/h9-12H,5-8,19-22H2,1-4H3,(H,25,26)(H,27,28)/t11-,12-,17+,18+/m0/s1. The molecule has 12 heteroatoms. The Balaban J connectivity index is 5.18. The summed E-state index contributed by atoms with van der Waals surface area (Å²) in [6.45, 7) is 7.35. The van der Waals surface area contributed by atoms with E-state index in [-0.39, 0.29) is 36.2 Å². The highest BCUT2D eigenvalue weighted by atomic mass is 33.1. The highest BCUT2D eigenvalue weighted by Crippen LogP contribution is 2.30. The summed E-state index contributed by atoms with van der Waals surface area (Å²) in [7, 11) is 1.68. The molecule has 0 bridgehead atoms. The summed E-state index contributed by atoms with van der Waals surface area (Å²) in [6, 6.07) is -2.08. The van der Waals surface area contributed by atoms with Crippen LogP contribution in [0.3, 0.4) is 0 Å². The molecule has 10 nitrogen and oxygen atoms in total. The van der Waals surface area contributed by atoms with Crippen LogP contribution in [0.2, 0.25) is 0 Å². The van der Waals surface area contributed by atoms with Gasteiger partial charge < -0.3 is 33.1 Å². The van der Waals surface area contributed by atoms with Gasteiger partial charge in [0.15, 0.2) is 22.6 Å². The molecular formula is C18H34N4O6S2. The Morgan fingerprint density at radius 3 is 1.20 bits per heavy atom. The third kappa shape index (κ3) is 7.82. The summed E-state index contributed by atoms with van der Waals surface area (Å²) in [5, 5.41) is 18.9. The van der Waals surface area contributed by atoms with E-state index in [1.807, 2.05) is 27.7 Å². The molecule has 0 spiro atoms. The molecule has 0 rings (SSSR count). The van der Waals surface area contributed by atoms with Crippen molar-refractivity contribution < 1.29 is 29.4 Å². The van der Waals surface area contributed by atoms with Crippen LogP contribution in [0.4, 0.5) is 0 Å². The molecule has 0 radical (unpaired) electrons. The zero-order chi connectivity index (χ0) is 23.9. The van der Waals surface area contributed by atoms with E-state index in [0.29, 0.717) is 0 Å². The Kier molecular flexibility index (Phi) is 11.5. The van der Waals surface area contributed by atoms with Crippen LogP contribution < -0.4 is 22.9 Å². The minimum absolute atomic E-state index is 0.0681. The van der Waals surface area contributed by atoms with Gasteiger partial charge in [-0.2, -0.15) is 0 Å². The summed E-state index contributed by atoms with van der Waals surface area (Å²) in [6.07, 6.45) is 0.548. The Morgan fingerprint density at radius 2 is 1.00 bits per heavy atom. The molecule has 0 unspecified atom stereocenters. The van der Waals surface area contributed by atoms with E-state index >= 15 is 0 Å². The second kappa shape index (κ2) is 12.0. The van der Waals surface area contributed by atoms with Gasteiger partial charge in [-0.3, -0.25) is 9.59 Å². The molecule has 4 atom stereocenters. The lowest BCUT2D eigenvalue weighted by Crippen LogP contribution is -2.62. The average molecular weight is 467 g/mol. The molecule has 174 valence electrons. The number of rotatable bonds is 15. The third-order valence-electron chi connectivity index (χ3n) is 4.42. The molecule has 10 N–H and O–H groups in total. The van der Waals surface area contributed by atoms with Crippen LogP contribution in [-0.2, 0) is 19.2 Å². The van der Waals surface area contributed by atoms with Gasteiger partial charge in [-0.25, -0.2) is 9.59 Å². The van der Waals surface area contributed by atoms with Crippen LogP contribution in [0.15, 0.2) is 0 Å². The first-order chi connectivity index (χ1) is 13.6. The maximum Gasteiger partial charge on any atom is 0.332 e. The van der Waals surface area contributed by atoms with Gasteiger partial charge in [-0.05, 0) is 24.7 Å². The topological polar surface area (TPSA) is 213 Å². The van der Waals surface area contributed by atoms with Crippen molar-refractivity contribution in [1.82, 2.24) is 0 Å². The number of ketones is 2. The fourth-order valence-electron chi connectivity index (χ4n) is 2.64.